The molecule has 0 aliphatic rings. The Morgan fingerprint density at radius 3 is 2.33 bits per heavy atom. The van der Waals surface area contributed by atoms with E-state index in [9.17, 15) is 9.59 Å². The number of hydrogen-bond acceptors (Lipinski definition) is 3. The van der Waals surface area contributed by atoms with Crippen LogP contribution >= 0.6 is 0 Å². The molecule has 0 fully saturated rings. The van der Waals surface area contributed by atoms with Gasteiger partial charge in [0.25, 0.3) is 5.78 Å². The summed E-state index contributed by atoms with van der Waals surface area (Å²) in [6.45, 7) is 4.38. The van der Waals surface area contributed by atoms with E-state index in [1.54, 1.807) is 12.1 Å². The van der Waals surface area contributed by atoms with Crippen LogP contribution in [0.1, 0.15) is 48.5 Å². The molecular weight excluding hydrogens is 228 g/mol. The Morgan fingerprint density at radius 2 is 1.72 bits per heavy atom. The van der Waals surface area contributed by atoms with Crippen LogP contribution < -0.4 is 0 Å². The molecule has 3 nitrogen and oxygen atoms in total. The van der Waals surface area contributed by atoms with Crippen LogP contribution in [0.4, 0.5) is 0 Å². The summed E-state index contributed by atoms with van der Waals surface area (Å²) in [6, 6.07) is 6.91. The van der Waals surface area contributed by atoms with Gasteiger partial charge in [-0.05, 0) is 13.3 Å². The maximum absolute atomic E-state index is 11.7. The van der Waals surface area contributed by atoms with E-state index in [2.05, 4.69) is 6.92 Å². The lowest BCUT2D eigenvalue weighted by molar-refractivity contribution is -0.138. The van der Waals surface area contributed by atoms with Gasteiger partial charge in [-0.2, -0.15) is 0 Å². The maximum atomic E-state index is 11.7. The van der Waals surface area contributed by atoms with Gasteiger partial charge in [-0.3, -0.25) is 4.79 Å². The second-order valence-electron chi connectivity index (χ2n) is 4.39. The van der Waals surface area contributed by atoms with Crippen LogP contribution in [0.25, 0.3) is 0 Å². The summed E-state index contributed by atoms with van der Waals surface area (Å²) in [5.74, 6) is -1.32. The topological polar surface area (TPSA) is 43.4 Å². The van der Waals surface area contributed by atoms with Gasteiger partial charge in [0, 0.05) is 5.56 Å². The highest BCUT2D eigenvalue weighted by molar-refractivity contribution is 6.40. The summed E-state index contributed by atoms with van der Waals surface area (Å²) in [6.07, 6.45) is 4.11. The molecule has 0 heterocycles. The minimum Gasteiger partial charge on any atom is -0.460 e. The predicted molar refractivity (Wildman–Crippen MR) is 70.6 cm³/mol. The number of aryl methyl sites for hydroxylation is 1. The van der Waals surface area contributed by atoms with Crippen molar-refractivity contribution in [2.45, 2.75) is 39.5 Å². The fraction of sp³-hybridized carbons (Fsp3) is 0.467. The number of hydrogen-bond donors (Lipinski definition) is 0. The van der Waals surface area contributed by atoms with E-state index in [1.165, 1.54) is 0 Å². The zero-order valence-corrected chi connectivity index (χ0v) is 11.1. The van der Waals surface area contributed by atoms with Crippen molar-refractivity contribution < 1.29 is 14.3 Å². The number of ether oxygens (including phenoxy) is 1. The second kappa shape index (κ2) is 7.64. The highest BCUT2D eigenvalue weighted by atomic mass is 16.5. The van der Waals surface area contributed by atoms with E-state index in [0.717, 1.165) is 31.2 Å². The first-order chi connectivity index (χ1) is 8.65. The maximum Gasteiger partial charge on any atom is 0.379 e. The van der Waals surface area contributed by atoms with Crippen molar-refractivity contribution in [3.05, 3.63) is 35.4 Å². The van der Waals surface area contributed by atoms with Gasteiger partial charge in [-0.1, -0.05) is 56.0 Å². The first kappa shape index (κ1) is 14.4. The van der Waals surface area contributed by atoms with Gasteiger partial charge in [0.1, 0.15) is 0 Å². The van der Waals surface area contributed by atoms with Crippen LogP contribution in [0.5, 0.6) is 0 Å². The normalized spacial score (nSPS) is 10.1. The lowest BCUT2D eigenvalue weighted by Crippen LogP contribution is -2.18. The monoisotopic (exact) mass is 248 g/mol. The Hall–Kier alpha value is -1.64. The van der Waals surface area contributed by atoms with Crippen molar-refractivity contribution in [3.8, 4) is 0 Å². The summed E-state index contributed by atoms with van der Waals surface area (Å²) < 4.78 is 4.95. The SMILES string of the molecule is CCCCCCOC(=O)C(=O)c1ccc(C)cc1. The van der Waals surface area contributed by atoms with E-state index in [0.29, 0.717) is 12.2 Å². The molecule has 0 N–H and O–H groups in total. The summed E-state index contributed by atoms with van der Waals surface area (Å²) in [4.78, 5) is 23.2. The van der Waals surface area contributed by atoms with Gasteiger partial charge in [0.2, 0.25) is 0 Å². The number of rotatable bonds is 7. The third-order valence-corrected chi connectivity index (χ3v) is 2.73. The molecule has 0 aliphatic heterocycles. The molecule has 0 bridgehead atoms. The van der Waals surface area contributed by atoms with Crippen LogP contribution in [0.3, 0.4) is 0 Å². The minimum absolute atomic E-state index is 0.330. The van der Waals surface area contributed by atoms with Gasteiger partial charge in [0.05, 0.1) is 6.61 Å². The zero-order valence-electron chi connectivity index (χ0n) is 11.1. The summed E-state index contributed by atoms with van der Waals surface area (Å²) >= 11 is 0. The molecule has 98 valence electrons. The second-order valence-corrected chi connectivity index (χ2v) is 4.39. The average molecular weight is 248 g/mol. The Labute approximate surface area is 108 Å². The summed E-state index contributed by atoms with van der Waals surface area (Å²) in [5.41, 5.74) is 1.44. The molecule has 18 heavy (non-hydrogen) atoms. The fourth-order valence-corrected chi connectivity index (χ4v) is 1.58. The summed E-state index contributed by atoms with van der Waals surface area (Å²) in [5, 5.41) is 0. The molecule has 0 saturated heterocycles. The molecule has 0 saturated carbocycles. The quantitative estimate of drug-likeness (QED) is 0.322. The molecule has 0 aliphatic carbocycles. The standard InChI is InChI=1S/C15H20O3/c1-3-4-5-6-11-18-15(17)14(16)13-9-7-12(2)8-10-13/h7-10H,3-6,11H2,1-2H3. The van der Waals surface area contributed by atoms with E-state index >= 15 is 0 Å². The summed E-state index contributed by atoms with van der Waals surface area (Å²) in [7, 11) is 0. The van der Waals surface area contributed by atoms with Crippen molar-refractivity contribution in [2.75, 3.05) is 6.61 Å². The van der Waals surface area contributed by atoms with Gasteiger partial charge in [-0.25, -0.2) is 4.79 Å². The van der Waals surface area contributed by atoms with Crippen molar-refractivity contribution in [1.29, 1.82) is 0 Å². The van der Waals surface area contributed by atoms with Gasteiger partial charge >= 0.3 is 5.97 Å². The predicted octanol–water partition coefficient (Wildman–Crippen LogP) is 3.30. The fourth-order valence-electron chi connectivity index (χ4n) is 1.58. The van der Waals surface area contributed by atoms with Crippen LogP contribution in [-0.2, 0) is 9.53 Å². The number of carbonyl (C=O) groups excluding carboxylic acids is 2. The zero-order chi connectivity index (χ0) is 13.4. The van der Waals surface area contributed by atoms with Crippen molar-refractivity contribution >= 4 is 11.8 Å². The first-order valence-corrected chi connectivity index (χ1v) is 6.43. The van der Waals surface area contributed by atoms with E-state index in [1.807, 2.05) is 19.1 Å². The highest BCUT2D eigenvalue weighted by Crippen LogP contribution is 2.06. The van der Waals surface area contributed by atoms with Crippen molar-refractivity contribution in [1.82, 2.24) is 0 Å². The number of carbonyl (C=O) groups is 2. The molecule has 3 heteroatoms. The van der Waals surface area contributed by atoms with Crippen LogP contribution in [0.2, 0.25) is 0 Å². The third kappa shape index (κ3) is 4.70. The Morgan fingerprint density at radius 1 is 1.06 bits per heavy atom. The Bertz CT molecular complexity index is 393. The smallest absolute Gasteiger partial charge is 0.379 e. The largest absolute Gasteiger partial charge is 0.460 e. The number of ketones is 1. The molecular formula is C15H20O3. The van der Waals surface area contributed by atoms with E-state index in [-0.39, 0.29) is 0 Å². The average Bonchev–Trinajstić information content (AvgIpc) is 2.38. The van der Waals surface area contributed by atoms with Gasteiger partial charge < -0.3 is 4.74 Å². The molecule has 0 radical (unpaired) electrons. The molecule has 0 atom stereocenters. The molecule has 1 aromatic carbocycles. The lowest BCUT2D eigenvalue weighted by Gasteiger charge is -2.04. The lowest BCUT2D eigenvalue weighted by atomic mass is 10.1. The Kier molecular flexibility index (Phi) is 6.12. The number of Topliss-reactive ketones (excluding diaryl/α,β-unsaturated/α-hetero) is 1. The van der Waals surface area contributed by atoms with Gasteiger partial charge in [0.15, 0.2) is 0 Å². The molecule has 0 unspecified atom stereocenters. The molecule has 0 aromatic heterocycles. The number of esters is 1. The van der Waals surface area contributed by atoms with E-state index < -0.39 is 11.8 Å². The molecule has 1 aromatic rings. The van der Waals surface area contributed by atoms with Crippen LogP contribution in [0.15, 0.2) is 24.3 Å². The molecule has 0 amide bonds. The highest BCUT2D eigenvalue weighted by Gasteiger charge is 2.17. The third-order valence-electron chi connectivity index (χ3n) is 2.73. The Balaban J connectivity index is 2.37. The van der Waals surface area contributed by atoms with Crippen LogP contribution in [0, 0.1) is 6.92 Å². The number of unbranched alkanes of at least 4 members (excludes halogenated alkanes) is 3. The number of benzene rings is 1. The molecule has 1 rings (SSSR count). The van der Waals surface area contributed by atoms with Crippen LogP contribution in [-0.4, -0.2) is 18.4 Å². The van der Waals surface area contributed by atoms with Crippen molar-refractivity contribution in [3.63, 3.8) is 0 Å². The van der Waals surface area contributed by atoms with Gasteiger partial charge in [-0.15, -0.1) is 0 Å². The van der Waals surface area contributed by atoms with E-state index in [4.69, 9.17) is 4.74 Å². The minimum atomic E-state index is -0.754. The van der Waals surface area contributed by atoms with Crippen molar-refractivity contribution in [2.24, 2.45) is 0 Å². The molecule has 0 spiro atoms. The first-order valence-electron chi connectivity index (χ1n) is 6.43.